The fourth-order valence-electron chi connectivity index (χ4n) is 3.18. The maximum absolute atomic E-state index is 13.7. The zero-order valence-electron chi connectivity index (χ0n) is 16.4. The Morgan fingerprint density at radius 1 is 1.16 bits per heavy atom. The van der Waals surface area contributed by atoms with Crippen molar-refractivity contribution in [3.8, 4) is 5.75 Å². The average molecular weight is 554 g/mol. The van der Waals surface area contributed by atoms with E-state index in [0.717, 1.165) is 5.56 Å². The van der Waals surface area contributed by atoms with Crippen LogP contribution in [0.15, 0.2) is 53.5 Å². The van der Waals surface area contributed by atoms with Crippen LogP contribution in [0.5, 0.6) is 5.75 Å². The molecule has 3 N–H and O–H groups in total. The van der Waals surface area contributed by atoms with Crippen LogP contribution in [0.1, 0.15) is 11.6 Å². The molecular formula is C20H23F4IN4O2. The van der Waals surface area contributed by atoms with E-state index < -0.39 is 12.1 Å². The Kier molecular flexibility index (Phi) is 9.32. The molecule has 11 heteroatoms. The van der Waals surface area contributed by atoms with E-state index in [1.165, 1.54) is 30.3 Å². The van der Waals surface area contributed by atoms with Crippen molar-refractivity contribution in [3.05, 3.63) is 59.9 Å². The predicted molar refractivity (Wildman–Crippen MR) is 120 cm³/mol. The van der Waals surface area contributed by atoms with Gasteiger partial charge in [0, 0.05) is 13.1 Å². The minimum Gasteiger partial charge on any atom is -0.404 e. The Morgan fingerprint density at radius 2 is 1.87 bits per heavy atom. The third-order valence-electron chi connectivity index (χ3n) is 4.53. The Morgan fingerprint density at radius 3 is 2.55 bits per heavy atom. The second-order valence-corrected chi connectivity index (χ2v) is 6.61. The molecule has 31 heavy (non-hydrogen) atoms. The smallest absolute Gasteiger partial charge is 0.404 e. The van der Waals surface area contributed by atoms with Gasteiger partial charge >= 0.3 is 6.36 Å². The first-order chi connectivity index (χ1) is 14.3. The van der Waals surface area contributed by atoms with Gasteiger partial charge in [0.2, 0.25) is 0 Å². The van der Waals surface area contributed by atoms with Crippen LogP contribution in [0.4, 0.5) is 23.2 Å². The normalized spacial score (nSPS) is 16.3. The molecule has 1 atom stereocenters. The quantitative estimate of drug-likeness (QED) is 0.243. The number of alkyl halides is 3. The summed E-state index contributed by atoms with van der Waals surface area (Å²) in [5.74, 6) is -0.861. The van der Waals surface area contributed by atoms with Gasteiger partial charge in [0.15, 0.2) is 11.7 Å². The number of nitrogens with two attached hydrogens (primary N) is 1. The first kappa shape index (κ1) is 25.1. The second-order valence-electron chi connectivity index (χ2n) is 6.61. The number of nitrogens with one attached hydrogen (secondary N) is 1. The van der Waals surface area contributed by atoms with Crippen LogP contribution < -0.4 is 15.8 Å². The summed E-state index contributed by atoms with van der Waals surface area (Å²) >= 11 is 0. The van der Waals surface area contributed by atoms with Gasteiger partial charge in [0.1, 0.15) is 5.82 Å². The highest BCUT2D eigenvalue weighted by molar-refractivity contribution is 14.0. The van der Waals surface area contributed by atoms with Crippen LogP contribution in [0.3, 0.4) is 0 Å². The molecule has 1 aliphatic rings. The topological polar surface area (TPSA) is 72.1 Å². The number of benzene rings is 2. The van der Waals surface area contributed by atoms with Gasteiger partial charge < -0.3 is 20.5 Å². The van der Waals surface area contributed by atoms with Crippen LogP contribution in [-0.4, -0.2) is 50.1 Å². The molecule has 1 saturated heterocycles. The number of halogens is 5. The van der Waals surface area contributed by atoms with Crippen LogP contribution in [0, 0.1) is 5.82 Å². The largest absolute Gasteiger partial charge is 0.573 e. The van der Waals surface area contributed by atoms with E-state index in [-0.39, 0.29) is 54.0 Å². The van der Waals surface area contributed by atoms with Gasteiger partial charge in [-0.25, -0.2) is 4.39 Å². The lowest BCUT2D eigenvalue weighted by Gasteiger charge is -2.34. The molecule has 1 fully saturated rings. The molecule has 1 heterocycles. The number of aliphatic imine (C=N–C) groups is 1. The highest BCUT2D eigenvalue weighted by Crippen LogP contribution is 2.30. The number of para-hydroxylation sites is 2. The maximum Gasteiger partial charge on any atom is 0.573 e. The van der Waals surface area contributed by atoms with E-state index in [1.807, 2.05) is 0 Å². The van der Waals surface area contributed by atoms with E-state index in [4.69, 9.17) is 10.5 Å². The molecule has 1 aliphatic heterocycles. The minimum absolute atomic E-state index is 0. The molecule has 2 aromatic carbocycles. The van der Waals surface area contributed by atoms with Gasteiger partial charge in [0.25, 0.3) is 0 Å². The highest BCUT2D eigenvalue weighted by atomic mass is 127. The monoisotopic (exact) mass is 554 g/mol. The zero-order valence-corrected chi connectivity index (χ0v) is 18.8. The van der Waals surface area contributed by atoms with Crippen molar-refractivity contribution < 1.29 is 27.0 Å². The molecule has 0 spiro atoms. The number of guanidine groups is 1. The lowest BCUT2D eigenvalue weighted by Crippen LogP contribution is -2.40. The first-order valence-corrected chi connectivity index (χ1v) is 9.31. The number of hydrogen-bond acceptors (Lipinski definition) is 4. The fraction of sp³-hybridized carbons (Fsp3) is 0.350. The summed E-state index contributed by atoms with van der Waals surface area (Å²) in [5.41, 5.74) is 6.67. The molecule has 0 aromatic heterocycles. The maximum atomic E-state index is 13.7. The van der Waals surface area contributed by atoms with Gasteiger partial charge in [-0.1, -0.05) is 24.3 Å². The van der Waals surface area contributed by atoms with Crippen LogP contribution >= 0.6 is 24.0 Å². The molecule has 0 bridgehead atoms. The van der Waals surface area contributed by atoms with Crippen molar-refractivity contribution in [2.24, 2.45) is 10.7 Å². The molecule has 0 amide bonds. The highest BCUT2D eigenvalue weighted by Gasteiger charge is 2.32. The van der Waals surface area contributed by atoms with E-state index >= 15 is 0 Å². The van der Waals surface area contributed by atoms with Crippen LogP contribution in [0.2, 0.25) is 0 Å². The van der Waals surface area contributed by atoms with E-state index in [2.05, 4.69) is 19.9 Å². The average Bonchev–Trinajstić information content (AvgIpc) is 2.69. The number of nitrogens with zero attached hydrogens (tertiary/aromatic N) is 2. The third kappa shape index (κ3) is 7.82. The number of ether oxygens (including phenoxy) is 2. The Balaban J connectivity index is 0.00000341. The van der Waals surface area contributed by atoms with Gasteiger partial charge in [-0.3, -0.25) is 9.89 Å². The summed E-state index contributed by atoms with van der Waals surface area (Å²) in [5, 5.41) is 2.64. The van der Waals surface area contributed by atoms with Crippen molar-refractivity contribution in [3.63, 3.8) is 0 Å². The van der Waals surface area contributed by atoms with Crippen molar-refractivity contribution in [1.82, 2.24) is 4.90 Å². The minimum atomic E-state index is -4.83. The number of rotatable bonds is 6. The second kappa shape index (κ2) is 11.5. The van der Waals surface area contributed by atoms with Crippen molar-refractivity contribution >= 4 is 35.6 Å². The molecular weight excluding hydrogens is 531 g/mol. The summed E-state index contributed by atoms with van der Waals surface area (Å²) in [6.07, 6.45) is -4.83. The van der Waals surface area contributed by atoms with Crippen LogP contribution in [0.25, 0.3) is 0 Å². The van der Waals surface area contributed by atoms with Gasteiger partial charge in [-0.15, -0.1) is 37.1 Å². The van der Waals surface area contributed by atoms with Crippen LogP contribution in [-0.2, 0) is 4.74 Å². The Hall–Kier alpha value is -2.12. The zero-order chi connectivity index (χ0) is 21.6. The van der Waals surface area contributed by atoms with Crippen molar-refractivity contribution in [2.75, 3.05) is 38.2 Å². The van der Waals surface area contributed by atoms with Gasteiger partial charge in [-0.2, -0.15) is 0 Å². The number of hydrogen-bond donors (Lipinski definition) is 2. The molecule has 1 unspecified atom stereocenters. The Labute approximate surface area is 194 Å². The van der Waals surface area contributed by atoms with E-state index in [9.17, 15) is 17.6 Å². The van der Waals surface area contributed by atoms with Crippen molar-refractivity contribution in [1.29, 1.82) is 0 Å². The summed E-state index contributed by atoms with van der Waals surface area (Å²) in [4.78, 5) is 6.39. The van der Waals surface area contributed by atoms with Gasteiger partial charge in [-0.05, 0) is 29.8 Å². The van der Waals surface area contributed by atoms with E-state index in [1.54, 1.807) is 18.2 Å². The number of anilines is 1. The fourth-order valence-corrected chi connectivity index (χ4v) is 3.18. The Bertz CT molecular complexity index is 876. The number of morpholine rings is 1. The standard InChI is InChI=1S/C20H22F4N4O2.HI/c21-15-5-3-4-14(12-15)17(28-8-10-29-11-9-28)13-26-19(25)27-16-6-1-2-7-18(16)30-20(22,23)24;/h1-7,12,17H,8-11,13H2,(H3,25,26,27);1H. The lowest BCUT2D eigenvalue weighted by atomic mass is 10.0. The summed E-state index contributed by atoms with van der Waals surface area (Å²) in [6, 6.07) is 11.5. The molecule has 0 aliphatic carbocycles. The SMILES string of the molecule is I.NC(=NCC(c1cccc(F)c1)N1CCOCC1)Nc1ccccc1OC(F)(F)F. The van der Waals surface area contributed by atoms with Crippen molar-refractivity contribution in [2.45, 2.75) is 12.4 Å². The molecule has 170 valence electrons. The first-order valence-electron chi connectivity index (χ1n) is 9.31. The molecule has 0 saturated carbocycles. The third-order valence-corrected chi connectivity index (χ3v) is 4.53. The lowest BCUT2D eigenvalue weighted by molar-refractivity contribution is -0.274. The molecule has 6 nitrogen and oxygen atoms in total. The predicted octanol–water partition coefficient (Wildman–Crippen LogP) is 4.14. The summed E-state index contributed by atoms with van der Waals surface area (Å²) in [7, 11) is 0. The molecule has 3 rings (SSSR count). The van der Waals surface area contributed by atoms with Gasteiger partial charge in [0.05, 0.1) is 31.5 Å². The van der Waals surface area contributed by atoms with E-state index in [0.29, 0.717) is 26.3 Å². The summed E-state index contributed by atoms with van der Waals surface area (Å²) in [6.45, 7) is 2.57. The molecule has 0 radical (unpaired) electrons. The molecule has 2 aromatic rings. The summed E-state index contributed by atoms with van der Waals surface area (Å²) < 4.78 is 60.9.